The summed E-state index contributed by atoms with van der Waals surface area (Å²) in [5.74, 6) is -1.07. The number of rotatable bonds is 5. The third kappa shape index (κ3) is 5.81. The van der Waals surface area contributed by atoms with E-state index in [2.05, 4.69) is 10.0 Å². The second-order valence-corrected chi connectivity index (χ2v) is 10.5. The Kier molecular flexibility index (Phi) is 6.46. The van der Waals surface area contributed by atoms with Gasteiger partial charge in [0.15, 0.2) is 0 Å². The predicted octanol–water partition coefficient (Wildman–Crippen LogP) is 4.53. The van der Waals surface area contributed by atoms with Crippen molar-refractivity contribution < 1.29 is 26.0 Å². The molecule has 0 bridgehead atoms. The summed E-state index contributed by atoms with van der Waals surface area (Å²) < 4.78 is 77.9. The van der Waals surface area contributed by atoms with Crippen molar-refractivity contribution in [2.24, 2.45) is 5.92 Å². The van der Waals surface area contributed by atoms with E-state index in [0.717, 1.165) is 25.0 Å². The van der Waals surface area contributed by atoms with Gasteiger partial charge in [-0.1, -0.05) is 0 Å². The van der Waals surface area contributed by atoms with Gasteiger partial charge >= 0.3 is 6.18 Å². The fourth-order valence-electron chi connectivity index (χ4n) is 3.00. The fraction of sp³-hybridized carbons (Fsp3) is 0.667. The van der Waals surface area contributed by atoms with Crippen molar-refractivity contribution in [1.82, 2.24) is 4.72 Å². The van der Waals surface area contributed by atoms with E-state index in [1.54, 1.807) is 20.8 Å². The number of sulfonamides is 1. The molecule has 1 saturated carbocycles. The average Bonchev–Trinajstić information content (AvgIpc) is 2.53. The van der Waals surface area contributed by atoms with E-state index in [4.69, 9.17) is 0 Å². The lowest BCUT2D eigenvalue weighted by Crippen LogP contribution is -2.46. The molecular weight excluding hydrogens is 384 g/mol. The first-order valence-corrected chi connectivity index (χ1v) is 10.4. The first-order valence-electron chi connectivity index (χ1n) is 8.92. The van der Waals surface area contributed by atoms with Crippen LogP contribution in [0.2, 0.25) is 0 Å². The first-order chi connectivity index (χ1) is 12.3. The lowest BCUT2D eigenvalue weighted by molar-refractivity contribution is -0.139. The van der Waals surface area contributed by atoms with Crippen LogP contribution in [0.1, 0.15) is 52.0 Å². The Morgan fingerprint density at radius 2 is 1.67 bits per heavy atom. The second kappa shape index (κ2) is 7.95. The van der Waals surface area contributed by atoms with Gasteiger partial charge in [0.25, 0.3) is 0 Å². The number of anilines is 1. The van der Waals surface area contributed by atoms with E-state index in [-0.39, 0.29) is 17.6 Å². The summed E-state index contributed by atoms with van der Waals surface area (Å²) in [7, 11) is -3.40. The van der Waals surface area contributed by atoms with Gasteiger partial charge in [0.1, 0.15) is 5.82 Å². The Bertz CT molecular complexity index is 750. The Hall–Kier alpha value is -1.35. The zero-order valence-corrected chi connectivity index (χ0v) is 16.5. The SMILES string of the molecule is CC(C)(C)S(=O)(=O)NC1CCC(CNc2ccc(F)c(C(F)(F)F)c2)CC1. The maximum Gasteiger partial charge on any atom is 0.419 e. The smallest absolute Gasteiger partial charge is 0.385 e. The fourth-order valence-corrected chi connectivity index (χ4v) is 4.02. The van der Waals surface area contributed by atoms with Gasteiger partial charge in [0.05, 0.1) is 10.3 Å². The molecule has 0 saturated heterocycles. The molecule has 154 valence electrons. The topological polar surface area (TPSA) is 58.2 Å². The molecule has 0 aliphatic heterocycles. The summed E-state index contributed by atoms with van der Waals surface area (Å²) in [6.07, 6.45) is -1.85. The van der Waals surface area contributed by atoms with Crippen LogP contribution in [-0.2, 0) is 16.2 Å². The van der Waals surface area contributed by atoms with Gasteiger partial charge in [-0.2, -0.15) is 13.2 Å². The molecule has 2 rings (SSSR count). The van der Waals surface area contributed by atoms with Crippen molar-refractivity contribution in [1.29, 1.82) is 0 Å². The molecule has 1 aliphatic carbocycles. The van der Waals surface area contributed by atoms with E-state index in [1.807, 2.05) is 0 Å². The van der Waals surface area contributed by atoms with Crippen LogP contribution in [-0.4, -0.2) is 25.8 Å². The van der Waals surface area contributed by atoms with Gasteiger partial charge < -0.3 is 5.32 Å². The summed E-state index contributed by atoms with van der Waals surface area (Å²) in [6, 6.07) is 2.75. The third-order valence-electron chi connectivity index (χ3n) is 4.84. The van der Waals surface area contributed by atoms with Crippen LogP contribution in [0.25, 0.3) is 0 Å². The number of hydrogen-bond acceptors (Lipinski definition) is 3. The van der Waals surface area contributed by atoms with Crippen LogP contribution in [0, 0.1) is 11.7 Å². The molecule has 1 fully saturated rings. The van der Waals surface area contributed by atoms with Crippen LogP contribution in [0.5, 0.6) is 0 Å². The van der Waals surface area contributed by atoms with Crippen LogP contribution in [0.15, 0.2) is 18.2 Å². The van der Waals surface area contributed by atoms with E-state index in [1.165, 1.54) is 6.07 Å². The van der Waals surface area contributed by atoms with Gasteiger partial charge in [-0.15, -0.1) is 0 Å². The largest absolute Gasteiger partial charge is 0.419 e. The molecule has 1 aromatic carbocycles. The molecule has 2 N–H and O–H groups in total. The second-order valence-electron chi connectivity index (χ2n) is 8.02. The van der Waals surface area contributed by atoms with Gasteiger partial charge in [-0.05, 0) is 70.6 Å². The number of alkyl halides is 3. The van der Waals surface area contributed by atoms with Gasteiger partial charge in [0.2, 0.25) is 10.0 Å². The van der Waals surface area contributed by atoms with Gasteiger partial charge in [0, 0.05) is 18.3 Å². The van der Waals surface area contributed by atoms with Crippen LogP contribution in [0.4, 0.5) is 23.2 Å². The first kappa shape index (κ1) is 21.9. The highest BCUT2D eigenvalue weighted by molar-refractivity contribution is 7.90. The van der Waals surface area contributed by atoms with Crippen molar-refractivity contribution >= 4 is 15.7 Å². The normalized spacial score (nSPS) is 21.9. The molecule has 0 atom stereocenters. The molecule has 0 amide bonds. The van der Waals surface area contributed by atoms with E-state index in [0.29, 0.717) is 19.4 Å². The van der Waals surface area contributed by atoms with E-state index >= 15 is 0 Å². The third-order valence-corrected chi connectivity index (χ3v) is 7.10. The summed E-state index contributed by atoms with van der Waals surface area (Å²) in [4.78, 5) is 0. The summed E-state index contributed by atoms with van der Waals surface area (Å²) in [5.41, 5.74) is -1.06. The predicted molar refractivity (Wildman–Crippen MR) is 97.4 cm³/mol. The van der Waals surface area contributed by atoms with Crippen molar-refractivity contribution in [2.45, 2.75) is 63.4 Å². The molecule has 0 unspecified atom stereocenters. The summed E-state index contributed by atoms with van der Waals surface area (Å²) >= 11 is 0. The molecule has 0 radical (unpaired) electrons. The highest BCUT2D eigenvalue weighted by Gasteiger charge is 2.35. The average molecular weight is 410 g/mol. The number of benzene rings is 1. The van der Waals surface area contributed by atoms with Crippen molar-refractivity contribution in [3.05, 3.63) is 29.6 Å². The molecular formula is C18H26F4N2O2S. The Balaban J connectivity index is 1.87. The summed E-state index contributed by atoms with van der Waals surface area (Å²) in [5, 5.41) is 2.94. The highest BCUT2D eigenvalue weighted by Crippen LogP contribution is 2.33. The summed E-state index contributed by atoms with van der Waals surface area (Å²) in [6.45, 7) is 5.38. The molecule has 0 aromatic heterocycles. The zero-order valence-electron chi connectivity index (χ0n) is 15.7. The lowest BCUT2D eigenvalue weighted by Gasteiger charge is -2.31. The van der Waals surface area contributed by atoms with Crippen LogP contribution >= 0.6 is 0 Å². The lowest BCUT2D eigenvalue weighted by atomic mass is 9.86. The standard InChI is InChI=1S/C18H26F4N2O2S/c1-17(2,3)27(25,26)24-13-6-4-12(5-7-13)11-23-14-8-9-16(19)15(10-14)18(20,21)22/h8-10,12-13,23-24H,4-7,11H2,1-3H3. The number of halogens is 4. The Labute approximate surface area is 157 Å². The maximum atomic E-state index is 13.3. The molecule has 27 heavy (non-hydrogen) atoms. The van der Waals surface area contributed by atoms with Crippen molar-refractivity contribution in [3.63, 3.8) is 0 Å². The minimum Gasteiger partial charge on any atom is -0.385 e. The molecule has 0 spiro atoms. The van der Waals surface area contributed by atoms with Crippen molar-refractivity contribution in [2.75, 3.05) is 11.9 Å². The quantitative estimate of drug-likeness (QED) is 0.701. The van der Waals surface area contributed by atoms with E-state index < -0.39 is 32.3 Å². The van der Waals surface area contributed by atoms with Crippen LogP contribution < -0.4 is 10.0 Å². The number of nitrogens with one attached hydrogen (secondary N) is 2. The maximum absolute atomic E-state index is 13.3. The highest BCUT2D eigenvalue weighted by atomic mass is 32.2. The zero-order chi connectivity index (χ0) is 20.5. The molecule has 1 aromatic rings. The molecule has 1 aliphatic rings. The Morgan fingerprint density at radius 3 is 2.19 bits per heavy atom. The Morgan fingerprint density at radius 1 is 1.07 bits per heavy atom. The van der Waals surface area contributed by atoms with Gasteiger partial charge in [-0.3, -0.25) is 0 Å². The molecule has 4 nitrogen and oxygen atoms in total. The van der Waals surface area contributed by atoms with Crippen molar-refractivity contribution in [3.8, 4) is 0 Å². The van der Waals surface area contributed by atoms with Gasteiger partial charge in [-0.25, -0.2) is 17.5 Å². The van der Waals surface area contributed by atoms with E-state index in [9.17, 15) is 26.0 Å². The molecule has 9 heteroatoms. The monoisotopic (exact) mass is 410 g/mol. The minimum atomic E-state index is -4.73. The molecule has 0 heterocycles. The minimum absolute atomic E-state index is 0.117. The van der Waals surface area contributed by atoms with Crippen LogP contribution in [0.3, 0.4) is 0 Å². The number of hydrogen-bond donors (Lipinski definition) is 2.